The van der Waals surface area contributed by atoms with Crippen LogP contribution in [0.15, 0.2) is 30.3 Å². The number of amides is 1. The van der Waals surface area contributed by atoms with E-state index in [-0.39, 0.29) is 17.9 Å². The lowest BCUT2D eigenvalue weighted by molar-refractivity contribution is -0.123. The topological polar surface area (TPSA) is 49.3 Å². The van der Waals surface area contributed by atoms with E-state index in [0.29, 0.717) is 13.0 Å². The van der Waals surface area contributed by atoms with Gasteiger partial charge in [0, 0.05) is 13.2 Å². The molecule has 1 fully saturated rings. The van der Waals surface area contributed by atoms with E-state index in [2.05, 4.69) is 5.32 Å². The van der Waals surface area contributed by atoms with Crippen molar-refractivity contribution >= 4 is 5.91 Å². The van der Waals surface area contributed by atoms with Crippen LogP contribution in [-0.2, 0) is 10.2 Å². The Kier molecular flexibility index (Phi) is 3.25. The molecule has 1 aliphatic rings. The maximum Gasteiger partial charge on any atom is 0.230 e. The number of benzene rings is 1. The Bertz CT molecular complexity index is 357. The fourth-order valence-corrected chi connectivity index (χ4v) is 1.98. The maximum absolute atomic E-state index is 12.0. The van der Waals surface area contributed by atoms with Crippen molar-refractivity contribution in [3.8, 4) is 0 Å². The van der Waals surface area contributed by atoms with Gasteiger partial charge >= 0.3 is 0 Å². The molecule has 0 saturated heterocycles. The van der Waals surface area contributed by atoms with Gasteiger partial charge in [-0.25, -0.2) is 0 Å². The van der Waals surface area contributed by atoms with E-state index in [4.69, 9.17) is 5.11 Å². The van der Waals surface area contributed by atoms with Crippen molar-refractivity contribution in [1.82, 2.24) is 5.32 Å². The van der Waals surface area contributed by atoms with Crippen LogP contribution in [0.1, 0.15) is 24.8 Å². The highest BCUT2D eigenvalue weighted by atomic mass is 16.3. The molecule has 0 radical (unpaired) electrons. The molecule has 0 heterocycles. The molecule has 1 aromatic rings. The minimum Gasteiger partial charge on any atom is -0.396 e. The molecule has 0 atom stereocenters. The number of carbonyl (C=O) groups is 1. The summed E-state index contributed by atoms with van der Waals surface area (Å²) in [6, 6.07) is 9.92. The second-order valence-electron chi connectivity index (χ2n) is 4.28. The van der Waals surface area contributed by atoms with E-state index >= 15 is 0 Å². The first-order valence-corrected chi connectivity index (χ1v) is 5.74. The van der Waals surface area contributed by atoms with Crippen LogP contribution in [0.2, 0.25) is 0 Å². The molecule has 86 valence electrons. The summed E-state index contributed by atoms with van der Waals surface area (Å²) in [7, 11) is 0. The van der Waals surface area contributed by atoms with Gasteiger partial charge in [-0.3, -0.25) is 4.79 Å². The van der Waals surface area contributed by atoms with Crippen molar-refractivity contribution in [3.05, 3.63) is 35.9 Å². The molecule has 0 spiro atoms. The van der Waals surface area contributed by atoms with E-state index in [1.807, 2.05) is 30.3 Å². The van der Waals surface area contributed by atoms with Gasteiger partial charge < -0.3 is 10.4 Å². The summed E-state index contributed by atoms with van der Waals surface area (Å²) in [5.41, 5.74) is 0.827. The number of hydrogen-bond acceptors (Lipinski definition) is 2. The van der Waals surface area contributed by atoms with E-state index in [1.54, 1.807) is 0 Å². The average molecular weight is 219 g/mol. The Morgan fingerprint density at radius 1 is 1.31 bits per heavy atom. The first-order valence-electron chi connectivity index (χ1n) is 5.74. The van der Waals surface area contributed by atoms with Gasteiger partial charge in [0.25, 0.3) is 0 Å². The summed E-state index contributed by atoms with van der Waals surface area (Å²) in [5.74, 6) is 0.104. The van der Waals surface area contributed by atoms with Crippen molar-refractivity contribution in [2.45, 2.75) is 24.7 Å². The van der Waals surface area contributed by atoms with Crippen LogP contribution in [0.5, 0.6) is 0 Å². The van der Waals surface area contributed by atoms with Crippen LogP contribution in [0, 0.1) is 0 Å². The first kappa shape index (κ1) is 11.1. The molecule has 1 aliphatic carbocycles. The molecule has 0 unspecified atom stereocenters. The molecule has 2 rings (SSSR count). The third kappa shape index (κ3) is 2.09. The SMILES string of the molecule is O=C(NCCCO)C1(c2ccccc2)CC1. The maximum atomic E-state index is 12.0. The van der Waals surface area contributed by atoms with Crippen molar-refractivity contribution in [2.24, 2.45) is 0 Å². The van der Waals surface area contributed by atoms with Gasteiger partial charge in [-0.2, -0.15) is 0 Å². The zero-order valence-corrected chi connectivity index (χ0v) is 9.28. The van der Waals surface area contributed by atoms with Gasteiger partial charge in [0.1, 0.15) is 0 Å². The second kappa shape index (κ2) is 4.66. The number of rotatable bonds is 5. The lowest BCUT2D eigenvalue weighted by atomic mass is 9.95. The molecule has 3 heteroatoms. The third-order valence-electron chi connectivity index (χ3n) is 3.13. The molecule has 0 bridgehead atoms. The van der Waals surface area contributed by atoms with Gasteiger partial charge in [-0.05, 0) is 24.8 Å². The van der Waals surface area contributed by atoms with Crippen LogP contribution in [0.4, 0.5) is 0 Å². The van der Waals surface area contributed by atoms with Gasteiger partial charge in [0.2, 0.25) is 5.91 Å². The van der Waals surface area contributed by atoms with Gasteiger partial charge in [0.05, 0.1) is 5.41 Å². The summed E-state index contributed by atoms with van der Waals surface area (Å²) < 4.78 is 0. The largest absolute Gasteiger partial charge is 0.396 e. The second-order valence-corrected chi connectivity index (χ2v) is 4.28. The van der Waals surface area contributed by atoms with Crippen molar-refractivity contribution < 1.29 is 9.90 Å². The highest BCUT2D eigenvalue weighted by Crippen LogP contribution is 2.48. The standard InChI is InChI=1S/C13H17NO2/c15-10-4-9-14-12(16)13(7-8-13)11-5-2-1-3-6-11/h1-3,5-6,15H,4,7-10H2,(H,14,16). The smallest absolute Gasteiger partial charge is 0.230 e. The lowest BCUT2D eigenvalue weighted by Crippen LogP contribution is -2.35. The predicted octanol–water partition coefficient (Wildman–Crippen LogP) is 1.22. The summed E-state index contributed by atoms with van der Waals surface area (Å²) >= 11 is 0. The fourth-order valence-electron chi connectivity index (χ4n) is 1.98. The van der Waals surface area contributed by atoms with Crippen LogP contribution in [0.3, 0.4) is 0 Å². The molecule has 16 heavy (non-hydrogen) atoms. The van der Waals surface area contributed by atoms with Gasteiger partial charge in [-0.15, -0.1) is 0 Å². The minimum absolute atomic E-state index is 0.104. The van der Waals surface area contributed by atoms with E-state index < -0.39 is 0 Å². The number of nitrogens with one attached hydrogen (secondary N) is 1. The zero-order valence-electron chi connectivity index (χ0n) is 9.28. The molecule has 1 saturated carbocycles. The molecular formula is C13H17NO2. The van der Waals surface area contributed by atoms with Crippen LogP contribution >= 0.6 is 0 Å². The predicted molar refractivity (Wildman–Crippen MR) is 62.1 cm³/mol. The number of carbonyl (C=O) groups excluding carboxylic acids is 1. The van der Waals surface area contributed by atoms with E-state index in [0.717, 1.165) is 18.4 Å². The number of aliphatic hydroxyl groups is 1. The number of aliphatic hydroxyl groups excluding tert-OH is 1. The highest BCUT2D eigenvalue weighted by molar-refractivity contribution is 5.91. The Labute approximate surface area is 95.5 Å². The molecule has 0 aromatic heterocycles. The lowest BCUT2D eigenvalue weighted by Gasteiger charge is -2.15. The molecule has 3 nitrogen and oxygen atoms in total. The van der Waals surface area contributed by atoms with Crippen molar-refractivity contribution in [1.29, 1.82) is 0 Å². The summed E-state index contributed by atoms with van der Waals surface area (Å²) in [6.07, 6.45) is 2.49. The Hall–Kier alpha value is -1.35. The van der Waals surface area contributed by atoms with Crippen LogP contribution in [-0.4, -0.2) is 24.2 Å². The van der Waals surface area contributed by atoms with Gasteiger partial charge in [0.15, 0.2) is 0 Å². The van der Waals surface area contributed by atoms with Crippen molar-refractivity contribution in [3.63, 3.8) is 0 Å². The summed E-state index contributed by atoms with van der Waals surface area (Å²) in [4.78, 5) is 12.0. The monoisotopic (exact) mass is 219 g/mol. The Morgan fingerprint density at radius 2 is 2.00 bits per heavy atom. The Balaban J connectivity index is 2.00. The van der Waals surface area contributed by atoms with Crippen molar-refractivity contribution in [2.75, 3.05) is 13.2 Å². The summed E-state index contributed by atoms with van der Waals surface area (Å²) in [5, 5.41) is 11.5. The highest BCUT2D eigenvalue weighted by Gasteiger charge is 2.50. The summed E-state index contributed by atoms with van der Waals surface area (Å²) in [6.45, 7) is 0.683. The van der Waals surface area contributed by atoms with E-state index in [9.17, 15) is 4.79 Å². The minimum atomic E-state index is -0.281. The Morgan fingerprint density at radius 3 is 2.56 bits per heavy atom. The molecule has 1 aromatic carbocycles. The molecule has 1 amide bonds. The van der Waals surface area contributed by atoms with Gasteiger partial charge in [-0.1, -0.05) is 30.3 Å². The quantitative estimate of drug-likeness (QED) is 0.731. The third-order valence-corrected chi connectivity index (χ3v) is 3.13. The fraction of sp³-hybridized carbons (Fsp3) is 0.462. The van der Waals surface area contributed by atoms with Crippen LogP contribution < -0.4 is 5.32 Å². The van der Waals surface area contributed by atoms with Crippen LogP contribution in [0.25, 0.3) is 0 Å². The first-order chi connectivity index (χ1) is 7.79. The number of hydrogen-bond donors (Lipinski definition) is 2. The average Bonchev–Trinajstić information content (AvgIpc) is 3.12. The zero-order chi connectivity index (χ0) is 11.4. The normalized spacial score (nSPS) is 16.8. The molecular weight excluding hydrogens is 202 g/mol. The molecule has 2 N–H and O–H groups in total. The van der Waals surface area contributed by atoms with E-state index in [1.165, 1.54) is 0 Å². The molecule has 0 aliphatic heterocycles.